The third-order valence-electron chi connectivity index (χ3n) is 4.96. The number of anilines is 1. The molecule has 0 spiro atoms. The number of halogens is 1. The van der Waals surface area contributed by atoms with Crippen LogP contribution in [0.2, 0.25) is 0 Å². The minimum atomic E-state index is -0.194. The average molecular weight is 372 g/mol. The van der Waals surface area contributed by atoms with Crippen LogP contribution in [0.1, 0.15) is 23.1 Å². The van der Waals surface area contributed by atoms with Gasteiger partial charge in [0, 0.05) is 17.1 Å². The number of pyridine rings is 1. The Morgan fingerprint density at radius 3 is 2.71 bits per heavy atom. The number of aromatic nitrogens is 3. The fraction of sp³-hybridized carbons (Fsp3) is 0.174. The van der Waals surface area contributed by atoms with Gasteiger partial charge in [0.25, 0.3) is 0 Å². The number of aryl methyl sites for hydroxylation is 3. The molecule has 2 aromatic carbocycles. The van der Waals surface area contributed by atoms with Crippen LogP contribution in [0.25, 0.3) is 22.2 Å². The van der Waals surface area contributed by atoms with E-state index in [1.165, 1.54) is 18.0 Å². The molecule has 0 radical (unpaired) electrons. The zero-order valence-electron chi connectivity index (χ0n) is 15.7. The van der Waals surface area contributed by atoms with Gasteiger partial charge in [-0.15, -0.1) is 0 Å². The van der Waals surface area contributed by atoms with Gasteiger partial charge in [-0.2, -0.15) is 0 Å². The Hall–Kier alpha value is -3.34. The summed E-state index contributed by atoms with van der Waals surface area (Å²) in [7, 11) is 0. The molecule has 0 aliphatic rings. The normalized spacial score (nSPS) is 11.1. The molecule has 0 aliphatic carbocycles. The summed E-state index contributed by atoms with van der Waals surface area (Å²) in [6, 6.07) is 15.3. The summed E-state index contributed by atoms with van der Waals surface area (Å²) < 4.78 is 13.6. The fourth-order valence-electron chi connectivity index (χ4n) is 3.45. The standard InChI is InChI=1S/C23H21FN4/c1-15-12-18(8-9-20(15)24)22-17(6-3-11-26-22)5-2-4-16-7-10-21-19(13-16)23(25)28-14-27-21/h3,6-14H,2,4-5H2,1H3,(H2,25,27,28). The predicted molar refractivity (Wildman–Crippen MR) is 110 cm³/mol. The second-order valence-corrected chi connectivity index (χ2v) is 6.94. The van der Waals surface area contributed by atoms with Gasteiger partial charge in [-0.1, -0.05) is 12.1 Å². The van der Waals surface area contributed by atoms with Crippen molar-refractivity contribution in [3.63, 3.8) is 0 Å². The van der Waals surface area contributed by atoms with E-state index in [2.05, 4.69) is 33.2 Å². The third kappa shape index (κ3) is 3.69. The summed E-state index contributed by atoms with van der Waals surface area (Å²) in [6.45, 7) is 1.77. The van der Waals surface area contributed by atoms with E-state index in [0.717, 1.165) is 47.0 Å². The molecule has 0 unspecified atom stereocenters. The number of rotatable bonds is 5. The molecule has 0 fully saturated rings. The Morgan fingerprint density at radius 1 is 0.964 bits per heavy atom. The van der Waals surface area contributed by atoms with Crippen molar-refractivity contribution in [1.29, 1.82) is 0 Å². The van der Waals surface area contributed by atoms with Crippen LogP contribution in [0.5, 0.6) is 0 Å². The first-order valence-electron chi connectivity index (χ1n) is 9.31. The Bertz CT molecular complexity index is 1140. The SMILES string of the molecule is Cc1cc(-c2ncccc2CCCc2ccc3ncnc(N)c3c2)ccc1F. The number of nitrogens with zero attached hydrogens (tertiary/aromatic N) is 3. The summed E-state index contributed by atoms with van der Waals surface area (Å²) in [5.74, 6) is 0.314. The zero-order chi connectivity index (χ0) is 19.5. The van der Waals surface area contributed by atoms with Crippen molar-refractivity contribution in [1.82, 2.24) is 15.0 Å². The molecule has 2 N–H and O–H groups in total. The van der Waals surface area contributed by atoms with Crippen LogP contribution in [0, 0.1) is 12.7 Å². The lowest BCUT2D eigenvalue weighted by molar-refractivity contribution is 0.618. The number of nitrogens with two attached hydrogens (primary N) is 1. The molecule has 0 aliphatic heterocycles. The molecule has 2 heterocycles. The van der Waals surface area contributed by atoms with E-state index < -0.39 is 0 Å². The molecule has 0 atom stereocenters. The maximum Gasteiger partial charge on any atom is 0.134 e. The lowest BCUT2D eigenvalue weighted by atomic mass is 9.98. The van der Waals surface area contributed by atoms with Crippen LogP contribution >= 0.6 is 0 Å². The molecule has 4 nitrogen and oxygen atoms in total. The van der Waals surface area contributed by atoms with Crippen molar-refractivity contribution in [2.45, 2.75) is 26.2 Å². The fourth-order valence-corrected chi connectivity index (χ4v) is 3.45. The molecule has 5 heteroatoms. The number of fused-ring (bicyclic) bond motifs is 1. The van der Waals surface area contributed by atoms with Gasteiger partial charge in [-0.3, -0.25) is 4.98 Å². The van der Waals surface area contributed by atoms with Gasteiger partial charge in [-0.25, -0.2) is 14.4 Å². The second kappa shape index (κ2) is 7.72. The van der Waals surface area contributed by atoms with E-state index in [4.69, 9.17) is 5.73 Å². The largest absolute Gasteiger partial charge is 0.383 e. The monoisotopic (exact) mass is 372 g/mol. The van der Waals surface area contributed by atoms with Crippen LogP contribution in [-0.2, 0) is 12.8 Å². The Morgan fingerprint density at radius 2 is 1.86 bits per heavy atom. The Balaban J connectivity index is 1.51. The summed E-state index contributed by atoms with van der Waals surface area (Å²) in [5.41, 5.74) is 11.7. The molecule has 2 aromatic heterocycles. The topological polar surface area (TPSA) is 64.7 Å². The molecule has 28 heavy (non-hydrogen) atoms. The molecular weight excluding hydrogens is 351 g/mol. The summed E-state index contributed by atoms with van der Waals surface area (Å²) in [6.07, 6.45) is 6.04. The van der Waals surface area contributed by atoms with E-state index in [-0.39, 0.29) is 5.82 Å². The number of hydrogen-bond acceptors (Lipinski definition) is 4. The maximum absolute atomic E-state index is 13.6. The highest BCUT2D eigenvalue weighted by molar-refractivity contribution is 5.88. The first-order valence-corrected chi connectivity index (χ1v) is 9.31. The highest BCUT2D eigenvalue weighted by atomic mass is 19.1. The van der Waals surface area contributed by atoms with E-state index >= 15 is 0 Å². The molecule has 0 bridgehead atoms. The molecule has 140 valence electrons. The van der Waals surface area contributed by atoms with Gasteiger partial charge in [0.15, 0.2) is 0 Å². The molecule has 0 amide bonds. The van der Waals surface area contributed by atoms with Gasteiger partial charge in [0.1, 0.15) is 18.0 Å². The van der Waals surface area contributed by atoms with Crippen molar-refractivity contribution in [2.24, 2.45) is 0 Å². The van der Waals surface area contributed by atoms with Crippen LogP contribution in [0.15, 0.2) is 61.1 Å². The van der Waals surface area contributed by atoms with E-state index in [9.17, 15) is 4.39 Å². The minimum Gasteiger partial charge on any atom is -0.383 e. The predicted octanol–water partition coefficient (Wildman–Crippen LogP) is 4.90. The number of benzene rings is 2. The lowest BCUT2D eigenvalue weighted by Crippen LogP contribution is -1.97. The highest BCUT2D eigenvalue weighted by Gasteiger charge is 2.09. The quantitative estimate of drug-likeness (QED) is 0.541. The molecular formula is C23H21FN4. The van der Waals surface area contributed by atoms with Crippen LogP contribution in [0.3, 0.4) is 0 Å². The molecule has 4 rings (SSSR count). The van der Waals surface area contributed by atoms with Crippen LogP contribution in [-0.4, -0.2) is 15.0 Å². The van der Waals surface area contributed by atoms with Gasteiger partial charge in [0.05, 0.1) is 11.2 Å². The van der Waals surface area contributed by atoms with Crippen LogP contribution < -0.4 is 5.73 Å². The van der Waals surface area contributed by atoms with Crippen molar-refractivity contribution < 1.29 is 4.39 Å². The van der Waals surface area contributed by atoms with Gasteiger partial charge in [-0.05, 0) is 79.3 Å². The summed E-state index contributed by atoms with van der Waals surface area (Å²) in [4.78, 5) is 12.9. The van der Waals surface area contributed by atoms with E-state index in [1.54, 1.807) is 19.2 Å². The van der Waals surface area contributed by atoms with Crippen molar-refractivity contribution >= 4 is 16.7 Å². The van der Waals surface area contributed by atoms with Gasteiger partial charge in [0.2, 0.25) is 0 Å². The van der Waals surface area contributed by atoms with Crippen molar-refractivity contribution in [3.8, 4) is 11.3 Å². The van der Waals surface area contributed by atoms with Crippen molar-refractivity contribution in [3.05, 3.63) is 83.6 Å². The molecule has 4 aromatic rings. The molecule has 0 saturated carbocycles. The van der Waals surface area contributed by atoms with Gasteiger partial charge >= 0.3 is 0 Å². The number of nitrogen functional groups attached to an aromatic ring is 1. The van der Waals surface area contributed by atoms with E-state index in [0.29, 0.717) is 11.4 Å². The smallest absolute Gasteiger partial charge is 0.134 e. The number of hydrogen-bond donors (Lipinski definition) is 1. The third-order valence-corrected chi connectivity index (χ3v) is 4.96. The minimum absolute atomic E-state index is 0.194. The lowest BCUT2D eigenvalue weighted by Gasteiger charge is -2.10. The maximum atomic E-state index is 13.6. The second-order valence-electron chi connectivity index (χ2n) is 6.94. The van der Waals surface area contributed by atoms with Crippen LogP contribution in [0.4, 0.5) is 10.2 Å². The van der Waals surface area contributed by atoms with Crippen molar-refractivity contribution in [2.75, 3.05) is 5.73 Å². The average Bonchev–Trinajstić information content (AvgIpc) is 2.71. The first-order chi connectivity index (χ1) is 13.6. The first kappa shape index (κ1) is 18.0. The van der Waals surface area contributed by atoms with Gasteiger partial charge < -0.3 is 5.73 Å². The summed E-state index contributed by atoms with van der Waals surface area (Å²) in [5, 5.41) is 0.892. The zero-order valence-corrected chi connectivity index (χ0v) is 15.7. The molecule has 0 saturated heterocycles. The highest BCUT2D eigenvalue weighted by Crippen LogP contribution is 2.25. The van der Waals surface area contributed by atoms with E-state index in [1.807, 2.05) is 18.2 Å². The Kier molecular flexibility index (Phi) is 4.98. The summed E-state index contributed by atoms with van der Waals surface area (Å²) >= 11 is 0. The Labute approximate surface area is 163 Å².